The summed E-state index contributed by atoms with van der Waals surface area (Å²) in [6, 6.07) is 5.56. The number of ether oxygens (including phenoxy) is 2. The van der Waals surface area contributed by atoms with Crippen molar-refractivity contribution in [1.82, 2.24) is 9.69 Å². The summed E-state index contributed by atoms with van der Waals surface area (Å²) in [6.45, 7) is 5.49. The number of nitrogens with two attached hydrogens (primary N) is 1. The van der Waals surface area contributed by atoms with Crippen LogP contribution < -0.4 is 11.1 Å². The number of aromatic nitrogens is 1. The maximum absolute atomic E-state index is 12.0. The van der Waals surface area contributed by atoms with Gasteiger partial charge in [-0.1, -0.05) is 12.1 Å². The first-order valence-electron chi connectivity index (χ1n) is 8.63. The lowest BCUT2D eigenvalue weighted by atomic mass is 10.0. The molecule has 144 valence electrons. The van der Waals surface area contributed by atoms with Gasteiger partial charge in [-0.05, 0) is 62.3 Å². The minimum atomic E-state index is -0.536. The van der Waals surface area contributed by atoms with Gasteiger partial charge in [-0.2, -0.15) is 4.37 Å². The number of nitrogens with zero attached hydrogens (tertiary/aromatic N) is 1. The molecule has 7 nitrogen and oxygen atoms in total. The first-order chi connectivity index (χ1) is 12.7. The van der Waals surface area contributed by atoms with Crippen molar-refractivity contribution in [3.8, 4) is 10.4 Å². The van der Waals surface area contributed by atoms with E-state index in [1.54, 1.807) is 6.07 Å². The molecule has 0 bridgehead atoms. The van der Waals surface area contributed by atoms with Crippen LogP contribution in [0.4, 0.5) is 10.5 Å². The summed E-state index contributed by atoms with van der Waals surface area (Å²) in [4.78, 5) is 24.4. The van der Waals surface area contributed by atoms with Crippen molar-refractivity contribution in [2.24, 2.45) is 0 Å². The highest BCUT2D eigenvalue weighted by Crippen LogP contribution is 2.37. The number of hydrogen-bond acceptors (Lipinski definition) is 7. The second-order valence-electron chi connectivity index (χ2n) is 7.48. The average Bonchev–Trinajstić information content (AvgIpc) is 3.19. The van der Waals surface area contributed by atoms with Crippen LogP contribution in [-0.4, -0.2) is 35.2 Å². The van der Waals surface area contributed by atoms with Gasteiger partial charge in [0.15, 0.2) is 5.69 Å². The molecule has 1 aromatic heterocycles. The molecule has 0 spiro atoms. The topological polar surface area (TPSA) is 104 Å². The highest BCUT2D eigenvalue weighted by Gasteiger charge is 2.28. The molecule has 1 aliphatic carbocycles. The van der Waals surface area contributed by atoms with E-state index in [0.29, 0.717) is 18.5 Å². The molecule has 1 unspecified atom stereocenters. The highest BCUT2D eigenvalue weighted by atomic mass is 32.1. The SMILES string of the molecule is COC(=O)c1cc(-c2ccc3c(c2N)CC(NC(=O)OC(C)(C)C)C3)sn1. The fourth-order valence-electron chi connectivity index (χ4n) is 3.12. The molecule has 0 fully saturated rings. The van der Waals surface area contributed by atoms with E-state index >= 15 is 0 Å². The Balaban J connectivity index is 1.77. The number of nitrogens with one attached hydrogen (secondary N) is 1. The van der Waals surface area contributed by atoms with Gasteiger partial charge in [0.25, 0.3) is 0 Å². The van der Waals surface area contributed by atoms with Crippen molar-refractivity contribution in [3.05, 3.63) is 35.0 Å². The van der Waals surface area contributed by atoms with E-state index < -0.39 is 17.7 Å². The molecule has 1 amide bonds. The van der Waals surface area contributed by atoms with Crippen LogP contribution in [0.1, 0.15) is 42.4 Å². The number of benzene rings is 1. The number of alkyl carbamates (subject to hydrolysis) is 1. The molecule has 2 aromatic rings. The smallest absolute Gasteiger partial charge is 0.407 e. The standard InChI is InChI=1S/C19H23N3O4S/c1-19(2,3)26-18(24)21-11-7-10-5-6-12(16(20)13(10)8-11)15-9-14(22-27-15)17(23)25-4/h5-6,9,11H,7-8,20H2,1-4H3,(H,21,24). The normalized spacial score (nSPS) is 15.9. The van der Waals surface area contributed by atoms with Gasteiger partial charge in [0.05, 0.1) is 12.0 Å². The molecule has 0 aliphatic heterocycles. The summed E-state index contributed by atoms with van der Waals surface area (Å²) in [5.74, 6) is -0.473. The zero-order valence-corrected chi connectivity index (χ0v) is 16.6. The predicted molar refractivity (Wildman–Crippen MR) is 104 cm³/mol. The lowest BCUT2D eigenvalue weighted by molar-refractivity contribution is 0.0505. The van der Waals surface area contributed by atoms with Crippen molar-refractivity contribution in [1.29, 1.82) is 0 Å². The summed E-state index contributed by atoms with van der Waals surface area (Å²) in [5.41, 5.74) is 9.74. The molecule has 1 aromatic carbocycles. The predicted octanol–water partition coefficient (Wildman–Crippen LogP) is 3.17. The van der Waals surface area contributed by atoms with Gasteiger partial charge < -0.3 is 20.5 Å². The van der Waals surface area contributed by atoms with Crippen molar-refractivity contribution in [3.63, 3.8) is 0 Å². The molecule has 1 aliphatic rings. The number of esters is 1. The lowest BCUT2D eigenvalue weighted by Crippen LogP contribution is -2.39. The Morgan fingerprint density at radius 3 is 2.70 bits per heavy atom. The minimum Gasteiger partial charge on any atom is -0.464 e. The van der Waals surface area contributed by atoms with Crippen molar-refractivity contribution < 1.29 is 19.1 Å². The van der Waals surface area contributed by atoms with Gasteiger partial charge >= 0.3 is 12.1 Å². The van der Waals surface area contributed by atoms with Gasteiger partial charge in [0, 0.05) is 17.3 Å². The Labute approximate surface area is 162 Å². The number of anilines is 1. The van der Waals surface area contributed by atoms with Crippen LogP contribution in [-0.2, 0) is 22.3 Å². The molecule has 3 rings (SSSR count). The second kappa shape index (κ2) is 7.19. The molecular formula is C19H23N3O4S. The van der Waals surface area contributed by atoms with E-state index in [-0.39, 0.29) is 11.7 Å². The Morgan fingerprint density at radius 1 is 1.30 bits per heavy atom. The number of nitrogen functional groups attached to an aromatic ring is 1. The summed E-state index contributed by atoms with van der Waals surface area (Å²) >= 11 is 1.20. The van der Waals surface area contributed by atoms with Crippen LogP contribution in [0.5, 0.6) is 0 Å². The van der Waals surface area contributed by atoms with Crippen LogP contribution in [0.2, 0.25) is 0 Å². The number of methoxy groups -OCH3 is 1. The van der Waals surface area contributed by atoms with Gasteiger partial charge in [0.1, 0.15) is 5.60 Å². The van der Waals surface area contributed by atoms with E-state index in [1.807, 2.05) is 32.9 Å². The van der Waals surface area contributed by atoms with Gasteiger partial charge in [-0.3, -0.25) is 0 Å². The molecule has 8 heteroatoms. The Hall–Kier alpha value is -2.61. The summed E-state index contributed by atoms with van der Waals surface area (Å²) < 4.78 is 14.1. The summed E-state index contributed by atoms with van der Waals surface area (Å²) in [5, 5.41) is 2.91. The Kier molecular flexibility index (Phi) is 5.10. The van der Waals surface area contributed by atoms with E-state index in [9.17, 15) is 9.59 Å². The number of amides is 1. The molecular weight excluding hydrogens is 366 g/mol. The zero-order valence-electron chi connectivity index (χ0n) is 15.8. The van der Waals surface area contributed by atoms with Crippen LogP contribution >= 0.6 is 11.5 Å². The largest absolute Gasteiger partial charge is 0.464 e. The number of fused-ring (bicyclic) bond motifs is 1. The number of hydrogen-bond donors (Lipinski definition) is 2. The fraction of sp³-hybridized carbons (Fsp3) is 0.421. The van der Waals surface area contributed by atoms with Gasteiger partial charge in [0.2, 0.25) is 0 Å². The zero-order chi connectivity index (χ0) is 19.8. The van der Waals surface area contributed by atoms with E-state index in [1.165, 1.54) is 18.6 Å². The highest BCUT2D eigenvalue weighted by molar-refractivity contribution is 7.09. The van der Waals surface area contributed by atoms with E-state index in [2.05, 4.69) is 9.69 Å². The van der Waals surface area contributed by atoms with Crippen LogP contribution in [0.15, 0.2) is 18.2 Å². The van der Waals surface area contributed by atoms with Crippen LogP contribution in [0.25, 0.3) is 10.4 Å². The molecule has 0 saturated heterocycles. The summed E-state index contributed by atoms with van der Waals surface area (Å²) in [7, 11) is 1.32. The van der Waals surface area contributed by atoms with Gasteiger partial charge in [-0.25, -0.2) is 9.59 Å². The van der Waals surface area contributed by atoms with Crippen molar-refractivity contribution in [2.75, 3.05) is 12.8 Å². The molecule has 1 heterocycles. The lowest BCUT2D eigenvalue weighted by Gasteiger charge is -2.21. The average molecular weight is 389 g/mol. The molecule has 0 radical (unpaired) electrons. The van der Waals surface area contributed by atoms with Gasteiger partial charge in [-0.15, -0.1) is 0 Å². The quantitative estimate of drug-likeness (QED) is 0.617. The minimum absolute atomic E-state index is 0.0560. The maximum atomic E-state index is 12.0. The fourth-order valence-corrected chi connectivity index (χ4v) is 3.88. The summed E-state index contributed by atoms with van der Waals surface area (Å²) in [6.07, 6.45) is 0.913. The van der Waals surface area contributed by atoms with Crippen molar-refractivity contribution >= 4 is 29.3 Å². The molecule has 1 atom stereocenters. The third kappa shape index (κ3) is 4.21. The first-order valence-corrected chi connectivity index (χ1v) is 9.40. The number of carbonyl (C=O) groups is 2. The molecule has 27 heavy (non-hydrogen) atoms. The monoisotopic (exact) mass is 389 g/mol. The molecule has 3 N–H and O–H groups in total. The van der Waals surface area contributed by atoms with E-state index in [4.69, 9.17) is 15.2 Å². The van der Waals surface area contributed by atoms with Crippen LogP contribution in [0, 0.1) is 0 Å². The van der Waals surface area contributed by atoms with E-state index in [0.717, 1.165) is 21.6 Å². The first kappa shape index (κ1) is 19.2. The van der Waals surface area contributed by atoms with Crippen LogP contribution in [0.3, 0.4) is 0 Å². The Bertz CT molecular complexity index is 886. The second-order valence-corrected chi connectivity index (χ2v) is 8.29. The number of rotatable bonds is 3. The maximum Gasteiger partial charge on any atom is 0.407 e. The Morgan fingerprint density at radius 2 is 2.04 bits per heavy atom. The third-order valence-electron chi connectivity index (χ3n) is 4.26. The van der Waals surface area contributed by atoms with Crippen molar-refractivity contribution in [2.45, 2.75) is 45.3 Å². The third-order valence-corrected chi connectivity index (χ3v) is 5.08. The molecule has 0 saturated carbocycles. The number of carbonyl (C=O) groups excluding carboxylic acids is 2.